The lowest BCUT2D eigenvalue weighted by atomic mass is 9.95. The average Bonchev–Trinajstić information content (AvgIpc) is 2.44. The van der Waals surface area contributed by atoms with Crippen LogP contribution < -0.4 is 11.0 Å². The van der Waals surface area contributed by atoms with E-state index in [-0.39, 0.29) is 22.7 Å². The molecule has 1 aromatic rings. The third-order valence-corrected chi connectivity index (χ3v) is 3.81. The highest BCUT2D eigenvalue weighted by atomic mass is 32.2. The lowest BCUT2D eigenvalue weighted by Crippen LogP contribution is -2.44. The smallest absolute Gasteiger partial charge is 0.355 e. The molecule has 0 amide bonds. The summed E-state index contributed by atoms with van der Waals surface area (Å²) in [6.07, 6.45) is 0.371. The molecule has 2 atom stereocenters. The molecule has 0 aliphatic rings. The predicted molar refractivity (Wildman–Crippen MR) is 79.1 cm³/mol. The monoisotopic (exact) mass is 316 g/mol. The van der Waals surface area contributed by atoms with Crippen LogP contribution in [0.3, 0.4) is 0 Å². The zero-order valence-corrected chi connectivity index (χ0v) is 13.5. The minimum atomic E-state index is -1.35. The fourth-order valence-electron chi connectivity index (χ4n) is 1.56. The lowest BCUT2D eigenvalue weighted by Gasteiger charge is -2.20. The number of nitrogens with zero attached hydrogens (tertiary/aromatic N) is 3. The van der Waals surface area contributed by atoms with E-state index in [4.69, 9.17) is 9.84 Å². The summed E-state index contributed by atoms with van der Waals surface area (Å²) >= 11 is 1.18. The fraction of sp³-hybridized carbons (Fsp3) is 0.667. The fourth-order valence-corrected chi connectivity index (χ4v) is 2.00. The summed E-state index contributed by atoms with van der Waals surface area (Å²) in [5, 5.41) is 17.2. The van der Waals surface area contributed by atoms with Gasteiger partial charge in [-0.05, 0) is 12.2 Å². The summed E-state index contributed by atoms with van der Waals surface area (Å²) in [4.78, 5) is 23.5. The number of carbonyl (C=O) groups is 1. The van der Waals surface area contributed by atoms with Crippen LogP contribution in [-0.4, -0.2) is 45.5 Å². The largest absolute Gasteiger partial charge is 0.478 e. The van der Waals surface area contributed by atoms with Crippen molar-refractivity contribution in [3.63, 3.8) is 0 Å². The summed E-state index contributed by atoms with van der Waals surface area (Å²) in [6.45, 7) is 5.83. The van der Waals surface area contributed by atoms with Crippen LogP contribution in [0.2, 0.25) is 0 Å². The number of methoxy groups -OCH3 is 1. The molecule has 1 heterocycles. The Morgan fingerprint density at radius 2 is 2.00 bits per heavy atom. The molecule has 0 aromatic carbocycles. The quantitative estimate of drug-likeness (QED) is 0.560. The average molecular weight is 316 g/mol. The van der Waals surface area contributed by atoms with Crippen LogP contribution in [0, 0.1) is 5.92 Å². The maximum Gasteiger partial charge on any atom is 0.355 e. The van der Waals surface area contributed by atoms with Gasteiger partial charge in [-0.1, -0.05) is 32.5 Å². The first kappa shape index (κ1) is 17.4. The van der Waals surface area contributed by atoms with E-state index in [9.17, 15) is 9.59 Å². The highest BCUT2D eigenvalue weighted by Crippen LogP contribution is 2.19. The predicted octanol–water partition coefficient (Wildman–Crippen LogP) is 0.720. The standard InChI is InChI=1S/C12H20N4O4S/c1-6(2)7(3)8-10(17)16(12(21-5)14-13-8)15-9(20-4)11(18)19/h6-7,9,15H,1-5H3,(H,18,19)/t7-,9-/m0/s1. The van der Waals surface area contributed by atoms with Crippen molar-refractivity contribution in [2.24, 2.45) is 5.92 Å². The summed E-state index contributed by atoms with van der Waals surface area (Å²) in [5.41, 5.74) is 2.38. The van der Waals surface area contributed by atoms with Gasteiger partial charge in [-0.3, -0.25) is 10.2 Å². The normalized spacial score (nSPS) is 14.0. The number of rotatable bonds is 7. The Labute approximate surface area is 126 Å². The van der Waals surface area contributed by atoms with Crippen molar-refractivity contribution in [2.75, 3.05) is 18.8 Å². The van der Waals surface area contributed by atoms with Crippen LogP contribution in [0.5, 0.6) is 0 Å². The Morgan fingerprint density at radius 1 is 1.38 bits per heavy atom. The van der Waals surface area contributed by atoms with E-state index < -0.39 is 17.8 Å². The van der Waals surface area contributed by atoms with Crippen molar-refractivity contribution >= 4 is 17.7 Å². The van der Waals surface area contributed by atoms with Gasteiger partial charge in [0.25, 0.3) is 5.56 Å². The van der Waals surface area contributed by atoms with Crippen molar-refractivity contribution in [1.82, 2.24) is 14.9 Å². The number of hydrogen-bond donors (Lipinski definition) is 2. The molecule has 0 fully saturated rings. The lowest BCUT2D eigenvalue weighted by molar-refractivity contribution is -0.147. The maximum atomic E-state index is 12.5. The van der Waals surface area contributed by atoms with Gasteiger partial charge < -0.3 is 9.84 Å². The molecule has 0 unspecified atom stereocenters. The number of aromatic nitrogens is 3. The van der Waals surface area contributed by atoms with E-state index in [1.165, 1.54) is 18.9 Å². The van der Waals surface area contributed by atoms with E-state index in [1.807, 2.05) is 20.8 Å². The minimum Gasteiger partial charge on any atom is -0.478 e. The van der Waals surface area contributed by atoms with Gasteiger partial charge in [-0.2, -0.15) is 4.68 Å². The van der Waals surface area contributed by atoms with Gasteiger partial charge in [0, 0.05) is 13.0 Å². The third kappa shape index (κ3) is 3.94. The first-order valence-corrected chi connectivity index (χ1v) is 7.61. The number of carboxylic acids is 1. The van der Waals surface area contributed by atoms with Crippen molar-refractivity contribution in [2.45, 2.75) is 38.1 Å². The second kappa shape index (κ2) is 7.41. The number of carboxylic acid groups (broad SMARTS) is 1. The number of thioether (sulfide) groups is 1. The van der Waals surface area contributed by atoms with E-state index in [1.54, 1.807) is 6.26 Å². The molecule has 21 heavy (non-hydrogen) atoms. The summed E-state index contributed by atoms with van der Waals surface area (Å²) in [5.74, 6) is -1.12. The molecule has 1 aromatic heterocycles. The number of aliphatic carboxylic acids is 1. The van der Waals surface area contributed by atoms with Crippen LogP contribution in [0.15, 0.2) is 9.95 Å². The van der Waals surface area contributed by atoms with Crippen LogP contribution in [0.25, 0.3) is 0 Å². The van der Waals surface area contributed by atoms with Crippen molar-refractivity contribution in [1.29, 1.82) is 0 Å². The van der Waals surface area contributed by atoms with E-state index in [0.29, 0.717) is 0 Å². The Kier molecular flexibility index (Phi) is 6.16. The SMILES string of the molecule is CO[C@H](Nn1c(SC)nnc([C@@H](C)C(C)C)c1=O)C(=O)O. The van der Waals surface area contributed by atoms with Gasteiger partial charge in [0.15, 0.2) is 0 Å². The molecule has 0 bridgehead atoms. The molecule has 2 N–H and O–H groups in total. The topological polar surface area (TPSA) is 106 Å². The van der Waals surface area contributed by atoms with Crippen LogP contribution in [0.4, 0.5) is 0 Å². The molecule has 118 valence electrons. The first-order chi connectivity index (χ1) is 9.83. The molecule has 0 saturated heterocycles. The van der Waals surface area contributed by atoms with Gasteiger partial charge in [-0.25, -0.2) is 4.79 Å². The van der Waals surface area contributed by atoms with E-state index in [2.05, 4.69) is 15.6 Å². The van der Waals surface area contributed by atoms with Crippen molar-refractivity contribution < 1.29 is 14.6 Å². The second-order valence-corrected chi connectivity index (χ2v) is 5.60. The van der Waals surface area contributed by atoms with Gasteiger partial charge in [0.2, 0.25) is 11.4 Å². The molecule has 0 aliphatic heterocycles. The molecule has 1 rings (SSSR count). The van der Waals surface area contributed by atoms with Gasteiger partial charge >= 0.3 is 5.97 Å². The number of nitrogens with one attached hydrogen (secondary N) is 1. The van der Waals surface area contributed by atoms with Gasteiger partial charge in [-0.15, -0.1) is 10.2 Å². The molecule has 0 aliphatic carbocycles. The second-order valence-electron chi connectivity index (χ2n) is 4.83. The zero-order valence-electron chi connectivity index (χ0n) is 12.7. The Hall–Kier alpha value is -1.61. The molecule has 0 spiro atoms. The Morgan fingerprint density at radius 3 is 2.43 bits per heavy atom. The van der Waals surface area contributed by atoms with Crippen LogP contribution in [0.1, 0.15) is 32.4 Å². The van der Waals surface area contributed by atoms with Crippen LogP contribution >= 0.6 is 11.8 Å². The number of hydrogen-bond acceptors (Lipinski definition) is 7. The molecule has 0 saturated carbocycles. The Bertz CT molecular complexity index is 561. The zero-order chi connectivity index (χ0) is 16.2. The summed E-state index contributed by atoms with van der Waals surface area (Å²) in [6, 6.07) is 0. The maximum absolute atomic E-state index is 12.5. The van der Waals surface area contributed by atoms with Crippen molar-refractivity contribution in [3.8, 4) is 0 Å². The summed E-state index contributed by atoms with van der Waals surface area (Å²) < 4.78 is 5.87. The number of ether oxygens (including phenoxy) is 1. The molecule has 9 heteroatoms. The van der Waals surface area contributed by atoms with E-state index in [0.717, 1.165) is 4.68 Å². The molecular weight excluding hydrogens is 296 g/mol. The molecular formula is C12H20N4O4S. The van der Waals surface area contributed by atoms with Crippen LogP contribution in [-0.2, 0) is 9.53 Å². The first-order valence-electron chi connectivity index (χ1n) is 6.39. The Balaban J connectivity index is 3.31. The van der Waals surface area contributed by atoms with Crippen molar-refractivity contribution in [3.05, 3.63) is 16.0 Å². The summed E-state index contributed by atoms with van der Waals surface area (Å²) in [7, 11) is 1.24. The molecule has 8 nitrogen and oxygen atoms in total. The minimum absolute atomic E-state index is 0.0974. The molecule has 0 radical (unpaired) electrons. The van der Waals surface area contributed by atoms with Gasteiger partial charge in [0.1, 0.15) is 5.69 Å². The third-order valence-electron chi connectivity index (χ3n) is 3.18. The highest BCUT2D eigenvalue weighted by Gasteiger charge is 2.23. The van der Waals surface area contributed by atoms with Gasteiger partial charge in [0.05, 0.1) is 0 Å². The highest BCUT2D eigenvalue weighted by molar-refractivity contribution is 7.98. The van der Waals surface area contributed by atoms with E-state index >= 15 is 0 Å².